The van der Waals surface area contributed by atoms with Crippen LogP contribution in [0.3, 0.4) is 0 Å². The highest BCUT2D eigenvalue weighted by atomic mass is 35.5. The topological polar surface area (TPSA) is 81.2 Å². The molecule has 0 atom stereocenters. The minimum Gasteiger partial charge on any atom is -0.477 e. The number of hydrogen-bond acceptors (Lipinski definition) is 5. The third-order valence-corrected chi connectivity index (χ3v) is 4.61. The van der Waals surface area contributed by atoms with Crippen molar-refractivity contribution in [2.45, 2.75) is 18.6 Å². The summed E-state index contributed by atoms with van der Waals surface area (Å²) >= 11 is 6.95. The number of carboxylic acids is 1. The van der Waals surface area contributed by atoms with Crippen LogP contribution in [0, 0.1) is 0 Å². The van der Waals surface area contributed by atoms with Crippen molar-refractivity contribution in [1.82, 2.24) is 14.8 Å². The fourth-order valence-electron chi connectivity index (χ4n) is 2.20. The summed E-state index contributed by atoms with van der Waals surface area (Å²) in [7, 11) is 0. The van der Waals surface area contributed by atoms with Gasteiger partial charge < -0.3 is 14.1 Å². The van der Waals surface area contributed by atoms with Gasteiger partial charge in [0.2, 0.25) is 0 Å². The molecule has 1 aromatic carbocycles. The average Bonchev–Trinajstić information content (AvgIpc) is 3.24. The van der Waals surface area contributed by atoms with E-state index in [1.807, 2.05) is 23.6 Å². The standard InChI is InChI=1S/C17H14ClN3O3S/c1-2-21-15(11-5-7-12(18)8-6-11)19-20-17(21)25-14(16(22)23)10-13-4-3-9-24-13/h3-10H,2H2,1H3,(H,22,23)/b14-10-. The van der Waals surface area contributed by atoms with Gasteiger partial charge in [0.15, 0.2) is 11.0 Å². The molecule has 0 fully saturated rings. The maximum Gasteiger partial charge on any atom is 0.342 e. The minimum atomic E-state index is -1.06. The second-order valence-electron chi connectivity index (χ2n) is 4.99. The second-order valence-corrected chi connectivity index (χ2v) is 6.43. The predicted octanol–water partition coefficient (Wildman–Crippen LogP) is 4.43. The maximum absolute atomic E-state index is 11.5. The first-order valence-electron chi connectivity index (χ1n) is 7.44. The summed E-state index contributed by atoms with van der Waals surface area (Å²) in [6.07, 6.45) is 2.95. The Bertz CT molecular complexity index is 902. The lowest BCUT2D eigenvalue weighted by Crippen LogP contribution is -2.02. The Hall–Kier alpha value is -2.51. The van der Waals surface area contributed by atoms with E-state index < -0.39 is 5.97 Å². The van der Waals surface area contributed by atoms with Crippen LogP contribution in [-0.2, 0) is 11.3 Å². The summed E-state index contributed by atoms with van der Waals surface area (Å²) in [5, 5.41) is 18.9. The molecule has 0 aliphatic rings. The number of halogens is 1. The molecule has 0 aliphatic heterocycles. The first kappa shape index (κ1) is 17.3. The van der Waals surface area contributed by atoms with Gasteiger partial charge in [0, 0.05) is 23.2 Å². The molecule has 3 rings (SSSR count). The lowest BCUT2D eigenvalue weighted by atomic mass is 10.2. The molecule has 3 aromatic rings. The molecule has 128 valence electrons. The summed E-state index contributed by atoms with van der Waals surface area (Å²) in [5.74, 6) is 0.0647. The monoisotopic (exact) mass is 375 g/mol. The lowest BCUT2D eigenvalue weighted by molar-refractivity contribution is -0.131. The molecule has 2 aromatic heterocycles. The van der Waals surface area contributed by atoms with Crippen LogP contribution in [0.4, 0.5) is 0 Å². The van der Waals surface area contributed by atoms with Crippen LogP contribution in [0.5, 0.6) is 0 Å². The molecule has 0 bridgehead atoms. The van der Waals surface area contributed by atoms with E-state index in [2.05, 4.69) is 10.2 Å². The van der Waals surface area contributed by atoms with Gasteiger partial charge in [-0.15, -0.1) is 10.2 Å². The fourth-order valence-corrected chi connectivity index (χ4v) is 3.19. The molecule has 1 N–H and O–H groups in total. The zero-order valence-corrected chi connectivity index (χ0v) is 14.8. The Kier molecular flexibility index (Phi) is 5.25. The van der Waals surface area contributed by atoms with Gasteiger partial charge in [-0.3, -0.25) is 0 Å². The highest BCUT2D eigenvalue weighted by Gasteiger charge is 2.18. The SMILES string of the molecule is CCn1c(S/C(=C\c2ccco2)C(=O)O)nnc1-c1ccc(Cl)cc1. The predicted molar refractivity (Wildman–Crippen MR) is 96.3 cm³/mol. The molecule has 0 spiro atoms. The van der Waals surface area contributed by atoms with Crippen molar-refractivity contribution in [3.05, 3.63) is 58.3 Å². The quantitative estimate of drug-likeness (QED) is 0.507. The van der Waals surface area contributed by atoms with E-state index in [0.29, 0.717) is 28.3 Å². The van der Waals surface area contributed by atoms with E-state index in [4.69, 9.17) is 16.0 Å². The number of aromatic nitrogens is 3. The van der Waals surface area contributed by atoms with Gasteiger partial charge in [-0.05, 0) is 55.1 Å². The first-order chi connectivity index (χ1) is 12.1. The van der Waals surface area contributed by atoms with Crippen LogP contribution in [0.2, 0.25) is 5.02 Å². The summed E-state index contributed by atoms with van der Waals surface area (Å²) < 4.78 is 7.04. The average molecular weight is 376 g/mol. The Morgan fingerprint density at radius 1 is 1.32 bits per heavy atom. The summed E-state index contributed by atoms with van der Waals surface area (Å²) in [6, 6.07) is 10.6. The van der Waals surface area contributed by atoms with Crippen molar-refractivity contribution >= 4 is 35.4 Å². The highest BCUT2D eigenvalue weighted by molar-refractivity contribution is 8.04. The third-order valence-electron chi connectivity index (χ3n) is 3.36. The number of carboxylic acid groups (broad SMARTS) is 1. The molecule has 0 radical (unpaired) electrons. The van der Waals surface area contributed by atoms with E-state index in [1.165, 1.54) is 12.3 Å². The van der Waals surface area contributed by atoms with Crippen LogP contribution >= 0.6 is 23.4 Å². The van der Waals surface area contributed by atoms with Crippen LogP contribution in [0.15, 0.2) is 57.1 Å². The van der Waals surface area contributed by atoms with Crippen LogP contribution in [0.1, 0.15) is 12.7 Å². The Morgan fingerprint density at radius 3 is 2.68 bits per heavy atom. The van der Waals surface area contributed by atoms with Crippen molar-refractivity contribution in [2.24, 2.45) is 0 Å². The molecular weight excluding hydrogens is 362 g/mol. The number of rotatable bonds is 6. The zero-order chi connectivity index (χ0) is 17.8. The number of aliphatic carboxylic acids is 1. The molecule has 25 heavy (non-hydrogen) atoms. The zero-order valence-electron chi connectivity index (χ0n) is 13.2. The van der Waals surface area contributed by atoms with Crippen molar-refractivity contribution in [3.63, 3.8) is 0 Å². The Labute approximate surface area is 153 Å². The minimum absolute atomic E-state index is 0.0970. The second kappa shape index (κ2) is 7.58. The summed E-state index contributed by atoms with van der Waals surface area (Å²) in [5.41, 5.74) is 0.859. The van der Waals surface area contributed by atoms with E-state index >= 15 is 0 Å². The molecule has 6 nitrogen and oxygen atoms in total. The molecule has 0 aliphatic carbocycles. The number of thioether (sulfide) groups is 1. The van der Waals surface area contributed by atoms with Crippen molar-refractivity contribution < 1.29 is 14.3 Å². The smallest absolute Gasteiger partial charge is 0.342 e. The van der Waals surface area contributed by atoms with Gasteiger partial charge >= 0.3 is 5.97 Å². The molecular formula is C17H14ClN3O3S. The van der Waals surface area contributed by atoms with Gasteiger partial charge in [-0.2, -0.15) is 0 Å². The third kappa shape index (κ3) is 3.94. The largest absolute Gasteiger partial charge is 0.477 e. The summed E-state index contributed by atoms with van der Waals surface area (Å²) in [6.45, 7) is 2.55. The van der Waals surface area contributed by atoms with Crippen molar-refractivity contribution in [3.8, 4) is 11.4 Å². The van der Waals surface area contributed by atoms with Gasteiger partial charge in [0.05, 0.1) is 6.26 Å². The van der Waals surface area contributed by atoms with Crippen LogP contribution < -0.4 is 0 Å². The van der Waals surface area contributed by atoms with Crippen molar-refractivity contribution in [2.75, 3.05) is 0 Å². The molecule has 8 heteroatoms. The summed E-state index contributed by atoms with van der Waals surface area (Å²) in [4.78, 5) is 11.6. The Morgan fingerprint density at radius 2 is 2.08 bits per heavy atom. The van der Waals surface area contributed by atoms with Gasteiger partial charge in [-0.1, -0.05) is 11.6 Å². The van der Waals surface area contributed by atoms with Gasteiger partial charge in [-0.25, -0.2) is 4.79 Å². The number of hydrogen-bond donors (Lipinski definition) is 1. The molecule has 2 heterocycles. The van der Waals surface area contributed by atoms with E-state index in [-0.39, 0.29) is 4.91 Å². The maximum atomic E-state index is 11.5. The van der Waals surface area contributed by atoms with E-state index in [1.54, 1.807) is 24.3 Å². The molecule has 0 unspecified atom stereocenters. The van der Waals surface area contributed by atoms with E-state index in [0.717, 1.165) is 17.3 Å². The Balaban J connectivity index is 1.94. The number of carbonyl (C=O) groups is 1. The number of furan rings is 1. The van der Waals surface area contributed by atoms with Gasteiger partial charge in [0.1, 0.15) is 10.7 Å². The molecule has 0 amide bonds. The van der Waals surface area contributed by atoms with Gasteiger partial charge in [0.25, 0.3) is 0 Å². The molecule has 0 saturated heterocycles. The van der Waals surface area contributed by atoms with Crippen LogP contribution in [-0.4, -0.2) is 25.8 Å². The lowest BCUT2D eigenvalue weighted by Gasteiger charge is -2.07. The number of benzene rings is 1. The van der Waals surface area contributed by atoms with Crippen molar-refractivity contribution in [1.29, 1.82) is 0 Å². The fraction of sp³-hybridized carbons (Fsp3) is 0.118. The first-order valence-corrected chi connectivity index (χ1v) is 8.63. The molecule has 0 saturated carbocycles. The van der Waals surface area contributed by atoms with E-state index in [9.17, 15) is 9.90 Å². The normalized spacial score (nSPS) is 11.7. The number of nitrogens with zero attached hydrogens (tertiary/aromatic N) is 3. The van der Waals surface area contributed by atoms with Crippen LogP contribution in [0.25, 0.3) is 17.5 Å². The highest BCUT2D eigenvalue weighted by Crippen LogP contribution is 2.30.